The SMILES string of the molecule is CCOC(=O)C(F)(F)[S@](=O)c1ccco1. The van der Waals surface area contributed by atoms with Crippen LogP contribution in [-0.2, 0) is 20.3 Å². The molecule has 0 amide bonds. The van der Waals surface area contributed by atoms with Crippen molar-refractivity contribution in [2.75, 3.05) is 6.61 Å². The number of carbonyl (C=O) groups is 1. The maximum atomic E-state index is 13.1. The van der Waals surface area contributed by atoms with E-state index in [1.54, 1.807) is 0 Å². The lowest BCUT2D eigenvalue weighted by atomic mass is 10.7. The molecule has 0 saturated carbocycles. The van der Waals surface area contributed by atoms with Crippen molar-refractivity contribution < 1.29 is 26.9 Å². The van der Waals surface area contributed by atoms with E-state index < -0.39 is 27.1 Å². The number of rotatable bonds is 4. The zero-order chi connectivity index (χ0) is 11.5. The van der Waals surface area contributed by atoms with Crippen molar-refractivity contribution >= 4 is 16.8 Å². The second kappa shape index (κ2) is 4.52. The summed E-state index contributed by atoms with van der Waals surface area (Å²) in [5.41, 5.74) is 0. The van der Waals surface area contributed by atoms with Crippen LogP contribution < -0.4 is 0 Å². The van der Waals surface area contributed by atoms with Crippen LogP contribution in [0.3, 0.4) is 0 Å². The highest BCUT2D eigenvalue weighted by Crippen LogP contribution is 2.26. The average Bonchev–Trinajstić information content (AvgIpc) is 2.69. The van der Waals surface area contributed by atoms with Crippen molar-refractivity contribution in [3.63, 3.8) is 0 Å². The van der Waals surface area contributed by atoms with Crippen LogP contribution in [0, 0.1) is 0 Å². The van der Waals surface area contributed by atoms with Crippen molar-refractivity contribution in [1.29, 1.82) is 0 Å². The Bertz CT molecular complexity index is 361. The third-order valence-corrected chi connectivity index (χ3v) is 2.65. The van der Waals surface area contributed by atoms with Crippen LogP contribution in [0.5, 0.6) is 0 Å². The molecule has 0 spiro atoms. The summed E-state index contributed by atoms with van der Waals surface area (Å²) in [6, 6.07) is 2.40. The molecule has 4 nitrogen and oxygen atoms in total. The lowest BCUT2D eigenvalue weighted by molar-refractivity contribution is -0.160. The minimum Gasteiger partial charge on any atom is -0.461 e. The molecule has 0 fully saturated rings. The number of esters is 1. The van der Waals surface area contributed by atoms with Crippen LogP contribution in [-0.4, -0.2) is 22.0 Å². The van der Waals surface area contributed by atoms with Gasteiger partial charge in [0.1, 0.15) is 0 Å². The molecule has 0 saturated heterocycles. The maximum absolute atomic E-state index is 13.1. The Balaban J connectivity index is 2.86. The molecule has 0 aliphatic heterocycles. The van der Waals surface area contributed by atoms with Gasteiger partial charge in [-0.3, -0.25) is 0 Å². The largest absolute Gasteiger partial charge is 0.461 e. The van der Waals surface area contributed by atoms with Crippen LogP contribution in [0.2, 0.25) is 0 Å². The van der Waals surface area contributed by atoms with E-state index in [-0.39, 0.29) is 6.61 Å². The summed E-state index contributed by atoms with van der Waals surface area (Å²) in [5.74, 6) is -1.82. The molecule has 0 unspecified atom stereocenters. The van der Waals surface area contributed by atoms with Gasteiger partial charge in [-0.1, -0.05) is 0 Å². The van der Waals surface area contributed by atoms with E-state index in [0.717, 1.165) is 12.3 Å². The summed E-state index contributed by atoms with van der Waals surface area (Å²) in [7, 11) is -2.87. The van der Waals surface area contributed by atoms with Gasteiger partial charge in [0.15, 0.2) is 15.9 Å². The molecule has 1 atom stereocenters. The summed E-state index contributed by atoms with van der Waals surface area (Å²) in [5, 5.41) is -4.55. The second-order valence-electron chi connectivity index (χ2n) is 2.44. The number of hydrogen-bond donors (Lipinski definition) is 0. The number of halogens is 2. The summed E-state index contributed by atoms with van der Waals surface area (Å²) < 4.78 is 46.1. The molecule has 1 aromatic heterocycles. The van der Waals surface area contributed by atoms with E-state index in [1.807, 2.05) is 0 Å². The number of hydrogen-bond acceptors (Lipinski definition) is 4. The molecular weight excluding hydrogens is 230 g/mol. The first-order valence-electron chi connectivity index (χ1n) is 4.00. The first-order valence-corrected chi connectivity index (χ1v) is 5.15. The molecule has 0 N–H and O–H groups in total. The van der Waals surface area contributed by atoms with E-state index in [9.17, 15) is 17.8 Å². The highest BCUT2D eigenvalue weighted by atomic mass is 32.2. The Hall–Kier alpha value is -1.24. The highest BCUT2D eigenvalue weighted by molar-refractivity contribution is 7.86. The Labute approximate surface area is 86.7 Å². The summed E-state index contributed by atoms with van der Waals surface area (Å²) in [4.78, 5) is 10.8. The van der Waals surface area contributed by atoms with Gasteiger partial charge in [0.05, 0.1) is 12.9 Å². The van der Waals surface area contributed by atoms with Crippen LogP contribution in [0.15, 0.2) is 27.9 Å². The standard InChI is InChI=1S/C8H8F2O4S/c1-2-13-7(11)8(9,10)15(12)6-4-3-5-14-6/h3-5H,2H2,1H3/t15-/m1/s1. The van der Waals surface area contributed by atoms with Crippen molar-refractivity contribution in [2.24, 2.45) is 0 Å². The third-order valence-electron chi connectivity index (χ3n) is 1.42. The third kappa shape index (κ3) is 2.41. The first kappa shape index (κ1) is 11.8. The van der Waals surface area contributed by atoms with Crippen LogP contribution in [0.4, 0.5) is 8.78 Å². The Morgan fingerprint density at radius 2 is 2.33 bits per heavy atom. The zero-order valence-corrected chi connectivity index (χ0v) is 8.55. The molecule has 0 aromatic carbocycles. The fourth-order valence-corrected chi connectivity index (χ4v) is 1.59. The minimum atomic E-state index is -4.09. The quantitative estimate of drug-likeness (QED) is 0.746. The lowest BCUT2D eigenvalue weighted by Gasteiger charge is -2.11. The van der Waals surface area contributed by atoms with Gasteiger partial charge < -0.3 is 9.15 Å². The van der Waals surface area contributed by atoms with Gasteiger partial charge in [-0.05, 0) is 19.1 Å². The van der Waals surface area contributed by atoms with Gasteiger partial charge in [0.2, 0.25) is 0 Å². The van der Waals surface area contributed by atoms with Crippen molar-refractivity contribution in [3.05, 3.63) is 18.4 Å². The summed E-state index contributed by atoms with van der Waals surface area (Å²) in [6.07, 6.45) is 1.09. The fourth-order valence-electron chi connectivity index (χ4n) is 0.786. The zero-order valence-electron chi connectivity index (χ0n) is 7.74. The predicted molar refractivity (Wildman–Crippen MR) is 46.7 cm³/mol. The minimum absolute atomic E-state index is 0.205. The van der Waals surface area contributed by atoms with E-state index >= 15 is 0 Å². The van der Waals surface area contributed by atoms with Crippen LogP contribution in [0.25, 0.3) is 0 Å². The summed E-state index contributed by atoms with van der Waals surface area (Å²) in [6.45, 7) is 1.17. The monoisotopic (exact) mass is 238 g/mol. The van der Waals surface area contributed by atoms with Gasteiger partial charge in [0, 0.05) is 0 Å². The topological polar surface area (TPSA) is 56.5 Å². The van der Waals surface area contributed by atoms with E-state index in [1.165, 1.54) is 13.0 Å². The van der Waals surface area contributed by atoms with Crippen LogP contribution >= 0.6 is 0 Å². The molecular formula is C8H8F2O4S. The van der Waals surface area contributed by atoms with E-state index in [0.29, 0.717) is 0 Å². The molecule has 1 aromatic rings. The lowest BCUT2D eigenvalue weighted by Crippen LogP contribution is -2.35. The number of furan rings is 1. The molecule has 0 aliphatic rings. The molecule has 0 aliphatic carbocycles. The predicted octanol–water partition coefficient (Wildman–Crippen LogP) is 1.54. The number of alkyl halides is 2. The molecule has 1 rings (SSSR count). The molecule has 84 valence electrons. The number of carbonyl (C=O) groups excluding carboxylic acids is 1. The van der Waals surface area contributed by atoms with Gasteiger partial charge in [-0.15, -0.1) is 0 Å². The number of ether oxygens (including phenoxy) is 1. The summed E-state index contributed by atoms with van der Waals surface area (Å²) >= 11 is 0. The molecule has 7 heteroatoms. The maximum Gasteiger partial charge on any atom is 0.422 e. The van der Waals surface area contributed by atoms with Gasteiger partial charge in [0.25, 0.3) is 0 Å². The van der Waals surface area contributed by atoms with E-state index in [2.05, 4.69) is 9.15 Å². The second-order valence-corrected chi connectivity index (χ2v) is 3.89. The van der Waals surface area contributed by atoms with Gasteiger partial charge in [-0.25, -0.2) is 9.00 Å². The molecule has 1 heterocycles. The van der Waals surface area contributed by atoms with Crippen molar-refractivity contribution in [2.45, 2.75) is 17.3 Å². The Morgan fingerprint density at radius 1 is 1.67 bits per heavy atom. The fraction of sp³-hybridized carbons (Fsp3) is 0.375. The first-order chi connectivity index (χ1) is 7.00. The van der Waals surface area contributed by atoms with Crippen molar-refractivity contribution in [1.82, 2.24) is 0 Å². The normalized spacial score (nSPS) is 13.5. The smallest absolute Gasteiger partial charge is 0.422 e. The molecule has 0 bridgehead atoms. The average molecular weight is 238 g/mol. The highest BCUT2D eigenvalue weighted by Gasteiger charge is 2.49. The van der Waals surface area contributed by atoms with Crippen molar-refractivity contribution in [3.8, 4) is 0 Å². The Morgan fingerprint density at radius 3 is 2.80 bits per heavy atom. The van der Waals surface area contributed by atoms with Crippen LogP contribution in [0.1, 0.15) is 6.92 Å². The van der Waals surface area contributed by atoms with E-state index in [4.69, 9.17) is 0 Å². The molecule has 15 heavy (non-hydrogen) atoms. The van der Waals surface area contributed by atoms with Gasteiger partial charge in [-0.2, -0.15) is 8.78 Å². The molecule has 0 radical (unpaired) electrons. The van der Waals surface area contributed by atoms with Gasteiger partial charge >= 0.3 is 11.2 Å². The Kier molecular flexibility index (Phi) is 3.57.